The highest BCUT2D eigenvalue weighted by atomic mass is 35.5. The summed E-state index contributed by atoms with van der Waals surface area (Å²) in [6.07, 6.45) is 0. The van der Waals surface area contributed by atoms with Gasteiger partial charge >= 0.3 is 0 Å². The van der Waals surface area contributed by atoms with Crippen LogP contribution in [0.3, 0.4) is 0 Å². The average molecular weight is 261 g/mol. The molecular weight excluding hydrogens is 248 g/mol. The number of halogens is 1. The molecule has 0 aliphatic heterocycles. The second-order valence-corrected chi connectivity index (χ2v) is 3.71. The molecular formula is C10H13ClN2O2S. The molecule has 2 N–H and O–H groups in total. The number of hydrogen-bond acceptors (Lipinski definition) is 3. The highest BCUT2D eigenvalue weighted by molar-refractivity contribution is 7.80. The molecule has 0 saturated carbocycles. The van der Waals surface area contributed by atoms with Crippen molar-refractivity contribution in [1.82, 2.24) is 5.32 Å². The monoisotopic (exact) mass is 260 g/mol. The van der Waals surface area contributed by atoms with Crippen LogP contribution in [0, 0.1) is 0 Å². The SMILES string of the molecule is CNC(=S)Nc1cc(Cl)c(OC)cc1OC. The van der Waals surface area contributed by atoms with Crippen molar-refractivity contribution in [2.24, 2.45) is 0 Å². The Kier molecular flexibility index (Phi) is 4.64. The summed E-state index contributed by atoms with van der Waals surface area (Å²) in [4.78, 5) is 0. The molecule has 0 fully saturated rings. The quantitative estimate of drug-likeness (QED) is 0.817. The van der Waals surface area contributed by atoms with E-state index >= 15 is 0 Å². The van der Waals surface area contributed by atoms with Crippen LogP contribution in [0.15, 0.2) is 12.1 Å². The van der Waals surface area contributed by atoms with Crippen molar-refractivity contribution in [3.8, 4) is 11.5 Å². The van der Waals surface area contributed by atoms with Gasteiger partial charge in [-0.2, -0.15) is 0 Å². The fourth-order valence-electron chi connectivity index (χ4n) is 1.14. The Morgan fingerprint density at radius 3 is 2.38 bits per heavy atom. The van der Waals surface area contributed by atoms with Crippen molar-refractivity contribution in [1.29, 1.82) is 0 Å². The van der Waals surface area contributed by atoms with Crippen LogP contribution in [0.25, 0.3) is 0 Å². The molecule has 0 saturated heterocycles. The molecule has 0 heterocycles. The molecule has 0 aliphatic rings. The number of nitrogens with one attached hydrogen (secondary N) is 2. The Morgan fingerprint density at radius 2 is 1.88 bits per heavy atom. The lowest BCUT2D eigenvalue weighted by molar-refractivity contribution is 0.396. The smallest absolute Gasteiger partial charge is 0.170 e. The number of anilines is 1. The molecule has 4 nitrogen and oxygen atoms in total. The van der Waals surface area contributed by atoms with Crippen LogP contribution in [0.1, 0.15) is 0 Å². The molecule has 0 radical (unpaired) electrons. The molecule has 16 heavy (non-hydrogen) atoms. The van der Waals surface area contributed by atoms with Gasteiger partial charge in [0, 0.05) is 13.1 Å². The number of benzene rings is 1. The van der Waals surface area contributed by atoms with Crippen molar-refractivity contribution in [2.75, 3.05) is 26.6 Å². The maximum atomic E-state index is 6.00. The summed E-state index contributed by atoms with van der Waals surface area (Å²) in [6, 6.07) is 3.39. The molecule has 1 aromatic carbocycles. The predicted molar refractivity (Wildman–Crippen MR) is 69.8 cm³/mol. The lowest BCUT2D eigenvalue weighted by atomic mass is 10.2. The first-order valence-corrected chi connectivity index (χ1v) is 5.31. The van der Waals surface area contributed by atoms with Gasteiger partial charge in [-0.15, -0.1) is 0 Å². The van der Waals surface area contributed by atoms with Gasteiger partial charge in [-0.25, -0.2) is 0 Å². The largest absolute Gasteiger partial charge is 0.495 e. The van der Waals surface area contributed by atoms with Crippen molar-refractivity contribution in [3.05, 3.63) is 17.2 Å². The van der Waals surface area contributed by atoms with Crippen molar-refractivity contribution in [3.63, 3.8) is 0 Å². The van der Waals surface area contributed by atoms with E-state index in [4.69, 9.17) is 33.3 Å². The Morgan fingerprint density at radius 1 is 1.25 bits per heavy atom. The highest BCUT2D eigenvalue weighted by Crippen LogP contribution is 2.35. The number of thiocarbonyl (C=S) groups is 1. The number of hydrogen-bond donors (Lipinski definition) is 2. The standard InChI is InChI=1S/C10H13ClN2O2S/c1-12-10(16)13-7-4-6(11)8(14-2)5-9(7)15-3/h4-5H,1-3H3,(H2,12,13,16). The number of ether oxygens (including phenoxy) is 2. The second kappa shape index (κ2) is 5.77. The van der Waals surface area contributed by atoms with Crippen LogP contribution < -0.4 is 20.1 Å². The van der Waals surface area contributed by atoms with Crippen LogP contribution in [-0.4, -0.2) is 26.4 Å². The first-order chi connectivity index (χ1) is 7.62. The fourth-order valence-corrected chi connectivity index (χ4v) is 1.49. The first kappa shape index (κ1) is 12.9. The third-order valence-corrected chi connectivity index (χ3v) is 2.55. The minimum atomic E-state index is 0.486. The van der Waals surface area contributed by atoms with Crippen molar-refractivity contribution >= 4 is 34.6 Å². The Balaban J connectivity index is 3.08. The molecule has 0 aromatic heterocycles. The molecule has 1 aromatic rings. The van der Waals surface area contributed by atoms with E-state index in [1.807, 2.05) is 0 Å². The molecule has 88 valence electrons. The number of rotatable bonds is 3. The van der Waals surface area contributed by atoms with Crippen LogP contribution in [0.2, 0.25) is 5.02 Å². The van der Waals surface area contributed by atoms with E-state index in [0.29, 0.717) is 27.3 Å². The van der Waals surface area contributed by atoms with Gasteiger partial charge in [0.05, 0.1) is 24.9 Å². The first-order valence-electron chi connectivity index (χ1n) is 4.52. The summed E-state index contributed by atoms with van der Waals surface area (Å²) >= 11 is 11.0. The summed E-state index contributed by atoms with van der Waals surface area (Å²) in [5.74, 6) is 1.17. The van der Waals surface area contributed by atoms with E-state index in [9.17, 15) is 0 Å². The molecule has 0 bridgehead atoms. The molecule has 0 spiro atoms. The van der Waals surface area contributed by atoms with Gasteiger partial charge in [-0.05, 0) is 18.3 Å². The van der Waals surface area contributed by atoms with Gasteiger partial charge in [0.15, 0.2) is 5.11 Å². The topological polar surface area (TPSA) is 42.5 Å². The van der Waals surface area contributed by atoms with Gasteiger partial charge in [0.2, 0.25) is 0 Å². The molecule has 0 aliphatic carbocycles. The normalized spacial score (nSPS) is 9.50. The summed E-state index contributed by atoms with van der Waals surface area (Å²) in [5.41, 5.74) is 0.688. The van der Waals surface area contributed by atoms with Gasteiger partial charge < -0.3 is 20.1 Å². The third-order valence-electron chi connectivity index (χ3n) is 1.95. The minimum Gasteiger partial charge on any atom is -0.495 e. The van der Waals surface area contributed by atoms with E-state index in [-0.39, 0.29) is 0 Å². The van der Waals surface area contributed by atoms with Crippen molar-refractivity contribution in [2.45, 2.75) is 0 Å². The van der Waals surface area contributed by atoms with Crippen LogP contribution in [-0.2, 0) is 0 Å². The third kappa shape index (κ3) is 2.90. The molecule has 0 amide bonds. The number of methoxy groups -OCH3 is 2. The Labute approximate surface area is 105 Å². The molecule has 1 rings (SSSR count). The highest BCUT2D eigenvalue weighted by Gasteiger charge is 2.10. The Bertz CT molecular complexity index is 399. The summed E-state index contributed by atoms with van der Waals surface area (Å²) in [6.45, 7) is 0. The molecule has 0 unspecified atom stereocenters. The van der Waals surface area contributed by atoms with E-state index in [1.54, 1.807) is 33.4 Å². The van der Waals surface area contributed by atoms with Gasteiger partial charge in [-0.3, -0.25) is 0 Å². The average Bonchev–Trinajstić information content (AvgIpc) is 2.29. The Hall–Kier alpha value is -1.20. The van der Waals surface area contributed by atoms with Gasteiger partial charge in [-0.1, -0.05) is 11.6 Å². The maximum absolute atomic E-state index is 6.00. The summed E-state index contributed by atoms with van der Waals surface area (Å²) < 4.78 is 10.3. The zero-order valence-corrected chi connectivity index (χ0v) is 10.8. The van der Waals surface area contributed by atoms with Gasteiger partial charge in [0.25, 0.3) is 0 Å². The zero-order valence-electron chi connectivity index (χ0n) is 9.26. The lowest BCUT2D eigenvalue weighted by Crippen LogP contribution is -2.24. The zero-order chi connectivity index (χ0) is 12.1. The van der Waals surface area contributed by atoms with E-state index in [1.165, 1.54) is 0 Å². The molecule has 0 atom stereocenters. The van der Waals surface area contributed by atoms with E-state index < -0.39 is 0 Å². The lowest BCUT2D eigenvalue weighted by Gasteiger charge is -2.13. The summed E-state index contributed by atoms with van der Waals surface area (Å²) in [5, 5.41) is 6.74. The van der Waals surface area contributed by atoms with Crippen LogP contribution in [0.4, 0.5) is 5.69 Å². The van der Waals surface area contributed by atoms with Crippen molar-refractivity contribution < 1.29 is 9.47 Å². The summed E-state index contributed by atoms with van der Waals surface area (Å²) in [7, 11) is 4.84. The maximum Gasteiger partial charge on any atom is 0.170 e. The fraction of sp³-hybridized carbons (Fsp3) is 0.300. The van der Waals surface area contributed by atoms with E-state index in [2.05, 4.69) is 10.6 Å². The second-order valence-electron chi connectivity index (χ2n) is 2.89. The minimum absolute atomic E-state index is 0.486. The molecule has 6 heteroatoms. The predicted octanol–water partition coefficient (Wildman–Crippen LogP) is 2.27. The van der Waals surface area contributed by atoms with Crippen LogP contribution >= 0.6 is 23.8 Å². The van der Waals surface area contributed by atoms with E-state index in [0.717, 1.165) is 0 Å². The van der Waals surface area contributed by atoms with Crippen LogP contribution in [0.5, 0.6) is 11.5 Å². The van der Waals surface area contributed by atoms with Gasteiger partial charge in [0.1, 0.15) is 11.5 Å².